The van der Waals surface area contributed by atoms with Crippen LogP contribution in [0, 0.1) is 0 Å². The third kappa shape index (κ3) is 7.13. The Morgan fingerprint density at radius 3 is 2.32 bits per heavy atom. The van der Waals surface area contributed by atoms with E-state index in [9.17, 15) is 18.0 Å². The zero-order chi connectivity index (χ0) is 15.9. The number of hydrogen-bond donors (Lipinski definition) is 2. The van der Waals surface area contributed by atoms with Crippen LogP contribution in [0.3, 0.4) is 0 Å². The van der Waals surface area contributed by atoms with Crippen molar-refractivity contribution in [1.82, 2.24) is 10.6 Å². The number of rotatable bonds is 7. The van der Waals surface area contributed by atoms with Gasteiger partial charge in [0.05, 0.1) is 5.92 Å². The van der Waals surface area contributed by atoms with Crippen LogP contribution in [0.1, 0.15) is 31.7 Å². The third-order valence-corrected chi connectivity index (χ3v) is 3.14. The molecule has 1 unspecified atom stereocenters. The summed E-state index contributed by atoms with van der Waals surface area (Å²) in [6.07, 6.45) is -5.03. The average Bonchev–Trinajstić information content (AvgIpc) is 2.42. The lowest BCUT2D eigenvalue weighted by atomic mass is 9.95. The van der Waals surface area contributed by atoms with E-state index in [4.69, 9.17) is 0 Å². The molecule has 3 nitrogen and oxygen atoms in total. The van der Waals surface area contributed by atoms with Gasteiger partial charge in [0.2, 0.25) is 5.91 Å². The minimum absolute atomic E-state index is 0. The highest BCUT2D eigenvalue weighted by Crippen LogP contribution is 2.37. The Labute approximate surface area is 135 Å². The van der Waals surface area contributed by atoms with Gasteiger partial charge >= 0.3 is 6.18 Å². The second-order valence-corrected chi connectivity index (χ2v) is 4.97. The van der Waals surface area contributed by atoms with Crippen LogP contribution in [0.15, 0.2) is 30.3 Å². The highest BCUT2D eigenvalue weighted by Gasteiger charge is 2.41. The van der Waals surface area contributed by atoms with E-state index in [0.717, 1.165) is 6.54 Å². The zero-order valence-electron chi connectivity index (χ0n) is 12.6. The number of alkyl halides is 3. The molecule has 0 aliphatic carbocycles. The van der Waals surface area contributed by atoms with E-state index in [2.05, 4.69) is 10.6 Å². The Balaban J connectivity index is 0.00000441. The van der Waals surface area contributed by atoms with Gasteiger partial charge in [0, 0.05) is 19.0 Å². The summed E-state index contributed by atoms with van der Waals surface area (Å²) in [4.78, 5) is 11.7. The van der Waals surface area contributed by atoms with Crippen LogP contribution in [0.25, 0.3) is 0 Å². The van der Waals surface area contributed by atoms with Crippen LogP contribution in [0.5, 0.6) is 0 Å². The SMILES string of the molecule is CCN[C@H](C)CNC(=O)CC(c1ccccc1)C(F)(F)F.Cl. The zero-order valence-corrected chi connectivity index (χ0v) is 13.4. The first-order valence-electron chi connectivity index (χ1n) is 6.96. The largest absolute Gasteiger partial charge is 0.396 e. The van der Waals surface area contributed by atoms with E-state index in [1.807, 2.05) is 13.8 Å². The lowest BCUT2D eigenvalue weighted by molar-refractivity contribution is -0.157. The van der Waals surface area contributed by atoms with Gasteiger partial charge in [-0.25, -0.2) is 0 Å². The summed E-state index contributed by atoms with van der Waals surface area (Å²) in [5, 5.41) is 5.62. The molecule has 0 saturated heterocycles. The van der Waals surface area contributed by atoms with E-state index >= 15 is 0 Å². The van der Waals surface area contributed by atoms with Crippen LogP contribution in [-0.4, -0.2) is 31.2 Å². The smallest absolute Gasteiger partial charge is 0.355 e. The van der Waals surface area contributed by atoms with E-state index in [1.54, 1.807) is 18.2 Å². The van der Waals surface area contributed by atoms with Crippen molar-refractivity contribution in [1.29, 1.82) is 0 Å². The van der Waals surface area contributed by atoms with Crippen molar-refractivity contribution in [2.75, 3.05) is 13.1 Å². The van der Waals surface area contributed by atoms with Gasteiger partial charge in [0.25, 0.3) is 0 Å². The summed E-state index contributed by atoms with van der Waals surface area (Å²) in [7, 11) is 0. The maximum atomic E-state index is 13.1. The van der Waals surface area contributed by atoms with Gasteiger partial charge in [-0.2, -0.15) is 13.2 Å². The molecular weight excluding hydrogens is 317 g/mol. The van der Waals surface area contributed by atoms with Crippen molar-refractivity contribution in [2.45, 2.75) is 38.4 Å². The molecule has 0 radical (unpaired) electrons. The first kappa shape index (κ1) is 20.7. The Bertz CT molecular complexity index is 440. The molecule has 0 bridgehead atoms. The monoisotopic (exact) mass is 338 g/mol. The third-order valence-electron chi connectivity index (χ3n) is 3.14. The summed E-state index contributed by atoms with van der Waals surface area (Å²) in [6, 6.07) is 7.55. The maximum Gasteiger partial charge on any atom is 0.396 e. The van der Waals surface area contributed by atoms with Gasteiger partial charge in [-0.1, -0.05) is 37.3 Å². The van der Waals surface area contributed by atoms with Gasteiger partial charge in [-0.15, -0.1) is 12.4 Å². The van der Waals surface area contributed by atoms with Crippen LogP contribution < -0.4 is 10.6 Å². The number of amides is 1. The molecule has 126 valence electrons. The van der Waals surface area contributed by atoms with E-state index in [-0.39, 0.29) is 24.0 Å². The molecule has 1 amide bonds. The van der Waals surface area contributed by atoms with Crippen LogP contribution in [0.2, 0.25) is 0 Å². The fraction of sp³-hybridized carbons (Fsp3) is 0.533. The lowest BCUT2D eigenvalue weighted by Crippen LogP contribution is -2.40. The van der Waals surface area contributed by atoms with Crippen LogP contribution in [0.4, 0.5) is 13.2 Å². The van der Waals surface area contributed by atoms with Crippen molar-refractivity contribution in [3.8, 4) is 0 Å². The van der Waals surface area contributed by atoms with Crippen LogP contribution in [-0.2, 0) is 4.79 Å². The minimum atomic E-state index is -4.44. The fourth-order valence-electron chi connectivity index (χ4n) is 2.05. The molecule has 0 fully saturated rings. The maximum absolute atomic E-state index is 13.1. The molecule has 0 saturated carbocycles. The molecular formula is C15H22ClF3N2O. The summed E-state index contributed by atoms with van der Waals surface area (Å²) in [5.41, 5.74) is 0.111. The van der Waals surface area contributed by atoms with E-state index < -0.39 is 24.4 Å². The van der Waals surface area contributed by atoms with E-state index in [0.29, 0.717) is 6.54 Å². The Morgan fingerprint density at radius 2 is 1.82 bits per heavy atom. The van der Waals surface area contributed by atoms with E-state index in [1.165, 1.54) is 12.1 Å². The summed E-state index contributed by atoms with van der Waals surface area (Å²) in [6.45, 7) is 4.84. The number of carbonyl (C=O) groups excluding carboxylic acids is 1. The molecule has 2 atom stereocenters. The van der Waals surface area contributed by atoms with Crippen molar-refractivity contribution < 1.29 is 18.0 Å². The average molecular weight is 339 g/mol. The highest BCUT2D eigenvalue weighted by molar-refractivity contribution is 5.85. The highest BCUT2D eigenvalue weighted by atomic mass is 35.5. The second-order valence-electron chi connectivity index (χ2n) is 4.97. The number of hydrogen-bond acceptors (Lipinski definition) is 2. The fourth-order valence-corrected chi connectivity index (χ4v) is 2.05. The van der Waals surface area contributed by atoms with Gasteiger partial charge in [0.15, 0.2) is 0 Å². The number of benzene rings is 1. The topological polar surface area (TPSA) is 41.1 Å². The molecule has 22 heavy (non-hydrogen) atoms. The summed E-state index contributed by atoms with van der Waals surface area (Å²) >= 11 is 0. The molecule has 0 aliphatic heterocycles. The molecule has 7 heteroatoms. The Morgan fingerprint density at radius 1 is 1.23 bits per heavy atom. The molecule has 1 rings (SSSR count). The number of nitrogens with one attached hydrogen (secondary N) is 2. The number of carbonyl (C=O) groups is 1. The van der Waals surface area contributed by atoms with Gasteiger partial charge in [0.1, 0.15) is 0 Å². The van der Waals surface area contributed by atoms with Gasteiger partial charge in [-0.05, 0) is 19.0 Å². The van der Waals surface area contributed by atoms with Gasteiger partial charge < -0.3 is 10.6 Å². The lowest BCUT2D eigenvalue weighted by Gasteiger charge is -2.21. The van der Waals surface area contributed by atoms with Crippen molar-refractivity contribution in [3.05, 3.63) is 35.9 Å². The molecule has 1 aromatic rings. The molecule has 0 aromatic heterocycles. The summed E-state index contributed by atoms with van der Waals surface area (Å²) in [5.74, 6) is -2.36. The Hall–Kier alpha value is -1.27. The molecule has 0 heterocycles. The first-order valence-corrected chi connectivity index (χ1v) is 6.96. The first-order chi connectivity index (χ1) is 9.84. The second kappa shape index (κ2) is 9.69. The number of halogens is 4. The minimum Gasteiger partial charge on any atom is -0.355 e. The Kier molecular flexibility index (Phi) is 9.13. The molecule has 2 N–H and O–H groups in total. The molecule has 0 aliphatic rings. The molecule has 0 spiro atoms. The van der Waals surface area contributed by atoms with Crippen molar-refractivity contribution in [2.24, 2.45) is 0 Å². The molecule has 1 aromatic carbocycles. The normalized spacial score (nSPS) is 13.9. The van der Waals surface area contributed by atoms with Gasteiger partial charge in [-0.3, -0.25) is 4.79 Å². The predicted molar refractivity (Wildman–Crippen MR) is 83.3 cm³/mol. The van der Waals surface area contributed by atoms with Crippen molar-refractivity contribution >= 4 is 18.3 Å². The quantitative estimate of drug-likeness (QED) is 0.801. The van der Waals surface area contributed by atoms with Crippen molar-refractivity contribution in [3.63, 3.8) is 0 Å². The predicted octanol–water partition coefficient (Wildman–Crippen LogP) is 3.26. The number of likely N-dealkylation sites (N-methyl/N-ethyl adjacent to an activating group) is 1. The summed E-state index contributed by atoms with van der Waals surface area (Å²) < 4.78 is 39.3. The van der Waals surface area contributed by atoms with Crippen LogP contribution >= 0.6 is 12.4 Å². The standard InChI is InChI=1S/C15H21F3N2O.ClH/c1-3-19-11(2)10-20-14(21)9-13(15(16,17)18)12-7-5-4-6-8-12;/h4-8,11,13,19H,3,9-10H2,1-2H3,(H,20,21);1H/t11-,13?;/m1./s1.